The maximum absolute atomic E-state index is 12.1. The van der Waals surface area contributed by atoms with Crippen molar-refractivity contribution >= 4 is 5.91 Å². The SMILES string of the molecule is CN1Cc2cccn2CC(CC(=O)NCc2ccco2)C1. The topological polar surface area (TPSA) is 50.4 Å². The van der Waals surface area contributed by atoms with E-state index in [1.807, 2.05) is 12.1 Å². The van der Waals surface area contributed by atoms with E-state index in [1.54, 1.807) is 6.26 Å². The van der Waals surface area contributed by atoms with Crippen LogP contribution in [0.2, 0.25) is 0 Å². The van der Waals surface area contributed by atoms with Gasteiger partial charge >= 0.3 is 0 Å². The van der Waals surface area contributed by atoms with E-state index < -0.39 is 0 Å². The molecule has 0 spiro atoms. The summed E-state index contributed by atoms with van der Waals surface area (Å²) >= 11 is 0. The third-order valence-corrected chi connectivity index (χ3v) is 3.89. The molecule has 3 heterocycles. The second-order valence-corrected chi connectivity index (χ2v) is 5.77. The van der Waals surface area contributed by atoms with Crippen LogP contribution in [0.25, 0.3) is 0 Å². The number of carbonyl (C=O) groups excluding carboxylic acids is 1. The lowest BCUT2D eigenvalue weighted by atomic mass is 10.0. The number of hydrogen-bond acceptors (Lipinski definition) is 3. The summed E-state index contributed by atoms with van der Waals surface area (Å²) < 4.78 is 7.48. The van der Waals surface area contributed by atoms with Gasteiger partial charge in [-0.3, -0.25) is 4.79 Å². The van der Waals surface area contributed by atoms with Gasteiger partial charge < -0.3 is 19.2 Å². The Bertz CT molecular complexity index is 588. The predicted molar refractivity (Wildman–Crippen MR) is 79.4 cm³/mol. The summed E-state index contributed by atoms with van der Waals surface area (Å²) in [4.78, 5) is 14.4. The number of nitrogens with one attached hydrogen (secondary N) is 1. The first-order valence-electron chi connectivity index (χ1n) is 7.32. The summed E-state index contributed by atoms with van der Waals surface area (Å²) in [6.07, 6.45) is 4.26. The van der Waals surface area contributed by atoms with Crippen molar-refractivity contribution in [1.82, 2.24) is 14.8 Å². The van der Waals surface area contributed by atoms with E-state index in [4.69, 9.17) is 4.42 Å². The molecular weight excluding hydrogens is 266 g/mol. The van der Waals surface area contributed by atoms with E-state index in [0.29, 0.717) is 18.9 Å². The molecule has 2 aromatic heterocycles. The molecule has 0 aliphatic carbocycles. The molecule has 1 atom stereocenters. The Morgan fingerprint density at radius 3 is 3.10 bits per heavy atom. The molecule has 5 nitrogen and oxygen atoms in total. The van der Waals surface area contributed by atoms with Crippen LogP contribution in [0, 0.1) is 5.92 Å². The van der Waals surface area contributed by atoms with Gasteiger partial charge in [0.25, 0.3) is 0 Å². The van der Waals surface area contributed by atoms with Crippen molar-refractivity contribution in [2.45, 2.75) is 26.1 Å². The van der Waals surface area contributed by atoms with Crippen molar-refractivity contribution in [2.24, 2.45) is 5.92 Å². The van der Waals surface area contributed by atoms with Gasteiger partial charge in [0, 0.05) is 37.9 Å². The van der Waals surface area contributed by atoms with Crippen molar-refractivity contribution in [1.29, 1.82) is 0 Å². The average Bonchev–Trinajstić information content (AvgIpc) is 3.06. The third kappa shape index (κ3) is 3.55. The zero-order valence-electron chi connectivity index (χ0n) is 12.3. The standard InChI is InChI=1S/C16H21N3O2/c1-18-10-13(11-19-6-2-4-14(19)12-18)8-16(20)17-9-15-5-3-7-21-15/h2-7,13H,8-12H2,1H3,(H,17,20). The Hall–Kier alpha value is -2.01. The van der Waals surface area contributed by atoms with E-state index in [1.165, 1.54) is 5.69 Å². The van der Waals surface area contributed by atoms with Gasteiger partial charge in [-0.1, -0.05) is 0 Å². The first-order valence-corrected chi connectivity index (χ1v) is 7.32. The number of amides is 1. The van der Waals surface area contributed by atoms with Crippen LogP contribution in [0.1, 0.15) is 17.9 Å². The Labute approximate surface area is 124 Å². The highest BCUT2D eigenvalue weighted by atomic mass is 16.3. The average molecular weight is 287 g/mol. The molecule has 1 amide bonds. The van der Waals surface area contributed by atoms with E-state index in [-0.39, 0.29) is 5.91 Å². The Balaban J connectivity index is 1.55. The molecule has 0 bridgehead atoms. The number of fused-ring (bicyclic) bond motifs is 1. The largest absolute Gasteiger partial charge is 0.467 e. The minimum Gasteiger partial charge on any atom is -0.467 e. The molecule has 0 aromatic carbocycles. The number of rotatable bonds is 4. The van der Waals surface area contributed by atoms with Crippen molar-refractivity contribution in [3.63, 3.8) is 0 Å². The molecule has 1 aliphatic heterocycles. The number of carbonyl (C=O) groups is 1. The minimum atomic E-state index is 0.0837. The molecular formula is C16H21N3O2. The smallest absolute Gasteiger partial charge is 0.220 e. The van der Waals surface area contributed by atoms with Crippen LogP contribution in [0.5, 0.6) is 0 Å². The van der Waals surface area contributed by atoms with Gasteiger partial charge in [-0.2, -0.15) is 0 Å². The monoisotopic (exact) mass is 287 g/mol. The fraction of sp³-hybridized carbons (Fsp3) is 0.438. The summed E-state index contributed by atoms with van der Waals surface area (Å²) in [5.41, 5.74) is 1.32. The maximum atomic E-state index is 12.1. The van der Waals surface area contributed by atoms with Crippen molar-refractivity contribution in [3.05, 3.63) is 48.2 Å². The molecule has 5 heteroatoms. The van der Waals surface area contributed by atoms with E-state index in [9.17, 15) is 4.79 Å². The molecule has 2 aromatic rings. The minimum absolute atomic E-state index is 0.0837. The molecule has 112 valence electrons. The van der Waals surface area contributed by atoms with Crippen LogP contribution in [0.4, 0.5) is 0 Å². The highest BCUT2D eigenvalue weighted by Gasteiger charge is 2.21. The van der Waals surface area contributed by atoms with Crippen LogP contribution in [-0.2, 0) is 24.4 Å². The first-order chi connectivity index (χ1) is 10.2. The van der Waals surface area contributed by atoms with Gasteiger partial charge in [-0.25, -0.2) is 0 Å². The maximum Gasteiger partial charge on any atom is 0.220 e. The van der Waals surface area contributed by atoms with Crippen molar-refractivity contribution < 1.29 is 9.21 Å². The van der Waals surface area contributed by atoms with Gasteiger partial charge in [0.05, 0.1) is 12.8 Å². The lowest BCUT2D eigenvalue weighted by molar-refractivity contribution is -0.122. The summed E-state index contributed by atoms with van der Waals surface area (Å²) in [6, 6.07) is 7.92. The van der Waals surface area contributed by atoms with Gasteiger partial charge in [0.15, 0.2) is 0 Å². The molecule has 1 N–H and O–H groups in total. The molecule has 1 aliphatic rings. The first kappa shape index (κ1) is 13.9. The zero-order valence-corrected chi connectivity index (χ0v) is 12.3. The third-order valence-electron chi connectivity index (χ3n) is 3.89. The number of furan rings is 1. The normalized spacial score (nSPS) is 19.0. The van der Waals surface area contributed by atoms with Crippen LogP contribution in [0.15, 0.2) is 41.1 Å². The molecule has 0 saturated carbocycles. The second kappa shape index (κ2) is 6.18. The Kier molecular flexibility index (Phi) is 4.10. The molecule has 0 saturated heterocycles. The lowest BCUT2D eigenvalue weighted by Gasteiger charge is -2.19. The Morgan fingerprint density at radius 1 is 1.38 bits per heavy atom. The summed E-state index contributed by atoms with van der Waals surface area (Å²) in [5.74, 6) is 1.20. The van der Waals surface area contributed by atoms with Crippen LogP contribution < -0.4 is 5.32 Å². The van der Waals surface area contributed by atoms with Crippen molar-refractivity contribution in [2.75, 3.05) is 13.6 Å². The summed E-state index contributed by atoms with van der Waals surface area (Å²) in [5, 5.41) is 2.92. The van der Waals surface area contributed by atoms with E-state index >= 15 is 0 Å². The van der Waals surface area contributed by atoms with Crippen molar-refractivity contribution in [3.8, 4) is 0 Å². The van der Waals surface area contributed by atoms with Gasteiger partial charge in [-0.15, -0.1) is 0 Å². The van der Waals surface area contributed by atoms with Crippen LogP contribution >= 0.6 is 0 Å². The molecule has 3 rings (SSSR count). The second-order valence-electron chi connectivity index (χ2n) is 5.77. The molecule has 1 unspecified atom stereocenters. The number of nitrogens with zero attached hydrogens (tertiary/aromatic N) is 2. The molecule has 0 fully saturated rings. The number of aromatic nitrogens is 1. The van der Waals surface area contributed by atoms with E-state index in [0.717, 1.165) is 25.4 Å². The summed E-state index contributed by atoms with van der Waals surface area (Å²) in [7, 11) is 2.11. The lowest BCUT2D eigenvalue weighted by Crippen LogP contribution is -2.30. The van der Waals surface area contributed by atoms with Gasteiger partial charge in [0.1, 0.15) is 5.76 Å². The fourth-order valence-electron chi connectivity index (χ4n) is 2.95. The van der Waals surface area contributed by atoms with Crippen LogP contribution in [-0.4, -0.2) is 29.0 Å². The number of hydrogen-bond donors (Lipinski definition) is 1. The Morgan fingerprint density at radius 2 is 2.29 bits per heavy atom. The zero-order chi connectivity index (χ0) is 14.7. The highest BCUT2D eigenvalue weighted by molar-refractivity contribution is 5.76. The molecule has 0 radical (unpaired) electrons. The van der Waals surface area contributed by atoms with Crippen LogP contribution in [0.3, 0.4) is 0 Å². The predicted octanol–water partition coefficient (Wildman–Crippen LogP) is 1.85. The molecule has 21 heavy (non-hydrogen) atoms. The fourth-order valence-corrected chi connectivity index (χ4v) is 2.95. The highest BCUT2D eigenvalue weighted by Crippen LogP contribution is 2.18. The van der Waals surface area contributed by atoms with E-state index in [2.05, 4.69) is 40.2 Å². The summed E-state index contributed by atoms with van der Waals surface area (Å²) in [6.45, 7) is 3.25. The quantitative estimate of drug-likeness (QED) is 0.933. The van der Waals surface area contributed by atoms with Gasteiger partial charge in [0.2, 0.25) is 5.91 Å². The van der Waals surface area contributed by atoms with Gasteiger partial charge in [-0.05, 0) is 37.2 Å².